The zero-order chi connectivity index (χ0) is 17.6. The molecule has 0 nitrogen and oxygen atoms in total. The van der Waals surface area contributed by atoms with Crippen LogP contribution in [0, 0.1) is 0 Å². The maximum atomic E-state index is 4.97. The van der Waals surface area contributed by atoms with E-state index in [1.807, 2.05) is 0 Å². The van der Waals surface area contributed by atoms with Crippen LogP contribution in [0.25, 0.3) is 0 Å². The molecule has 0 radical (unpaired) electrons. The topological polar surface area (TPSA) is 0 Å². The summed E-state index contributed by atoms with van der Waals surface area (Å²) < 4.78 is 0. The molecule has 0 aliphatic rings. The van der Waals surface area contributed by atoms with Crippen molar-refractivity contribution in [1.82, 2.24) is 0 Å². The molecule has 3 aromatic rings. The summed E-state index contributed by atoms with van der Waals surface area (Å²) in [5, 5.41) is 4.25. The first-order valence-corrected chi connectivity index (χ1v) is 13.7. The van der Waals surface area contributed by atoms with Gasteiger partial charge in [-0.05, 0) is 0 Å². The van der Waals surface area contributed by atoms with Gasteiger partial charge in [-0.2, -0.15) is 0 Å². The van der Waals surface area contributed by atoms with E-state index in [2.05, 4.69) is 97.9 Å². The Kier molecular flexibility index (Phi) is 5.94. The molecule has 0 aliphatic heterocycles. The Morgan fingerprint density at radius 1 is 0.680 bits per heavy atom. The zero-order valence-electron chi connectivity index (χ0n) is 14.6. The molecule has 0 N–H and O–H groups in total. The SMILES string of the molecule is CCCCP(SS)(c1ccccc1)(c1ccccc1)c1ccccc1. The van der Waals surface area contributed by atoms with Gasteiger partial charge in [0.2, 0.25) is 0 Å². The molecular weight excluding hydrogens is 359 g/mol. The van der Waals surface area contributed by atoms with Gasteiger partial charge >= 0.3 is 161 Å². The molecule has 0 heterocycles. The van der Waals surface area contributed by atoms with E-state index in [0.29, 0.717) is 0 Å². The number of hydrogen-bond acceptors (Lipinski definition) is 2. The fraction of sp³-hybridized carbons (Fsp3) is 0.182. The Labute approximate surface area is 160 Å². The molecule has 3 rings (SSSR count). The second-order valence-electron chi connectivity index (χ2n) is 6.38. The van der Waals surface area contributed by atoms with Gasteiger partial charge in [0.25, 0.3) is 0 Å². The van der Waals surface area contributed by atoms with E-state index in [-0.39, 0.29) is 0 Å². The van der Waals surface area contributed by atoms with Crippen molar-refractivity contribution in [2.24, 2.45) is 0 Å². The summed E-state index contributed by atoms with van der Waals surface area (Å²) in [6, 6.07) is 33.1. The van der Waals surface area contributed by atoms with Crippen LogP contribution in [0.5, 0.6) is 0 Å². The predicted molar refractivity (Wildman–Crippen MR) is 122 cm³/mol. The van der Waals surface area contributed by atoms with Crippen molar-refractivity contribution in [2.75, 3.05) is 6.16 Å². The first-order valence-electron chi connectivity index (χ1n) is 8.79. The summed E-state index contributed by atoms with van der Waals surface area (Å²) >= 11 is 4.97. The third-order valence-electron chi connectivity index (χ3n) is 5.03. The van der Waals surface area contributed by atoms with E-state index in [4.69, 9.17) is 11.7 Å². The molecule has 0 saturated heterocycles. The van der Waals surface area contributed by atoms with E-state index in [9.17, 15) is 0 Å². The minimum absolute atomic E-state index is 1.13. The van der Waals surface area contributed by atoms with Crippen LogP contribution in [0.3, 0.4) is 0 Å². The summed E-state index contributed by atoms with van der Waals surface area (Å²) in [5.41, 5.74) is 0. The van der Waals surface area contributed by atoms with E-state index in [1.165, 1.54) is 28.8 Å². The first-order chi connectivity index (χ1) is 12.3. The Hall–Kier alpha value is -1.21. The van der Waals surface area contributed by atoms with Gasteiger partial charge in [-0.25, -0.2) is 0 Å². The van der Waals surface area contributed by atoms with Crippen LogP contribution in [0.2, 0.25) is 0 Å². The minimum atomic E-state index is -2.70. The molecular formula is C22H25PS2. The molecule has 0 fully saturated rings. The Morgan fingerprint density at radius 3 is 1.32 bits per heavy atom. The molecule has 3 aromatic carbocycles. The van der Waals surface area contributed by atoms with Gasteiger partial charge in [-0.1, -0.05) is 0 Å². The van der Waals surface area contributed by atoms with E-state index >= 15 is 0 Å². The normalized spacial score (nSPS) is 13.1. The molecule has 0 unspecified atom stereocenters. The monoisotopic (exact) mass is 384 g/mol. The fourth-order valence-electron chi connectivity index (χ4n) is 3.71. The van der Waals surface area contributed by atoms with E-state index in [0.717, 1.165) is 6.16 Å². The summed E-state index contributed by atoms with van der Waals surface area (Å²) in [6.07, 6.45) is 3.50. The van der Waals surface area contributed by atoms with Crippen molar-refractivity contribution in [1.29, 1.82) is 0 Å². The summed E-state index contributed by atoms with van der Waals surface area (Å²) in [7, 11) is 1.79. The van der Waals surface area contributed by atoms with Gasteiger partial charge in [0.1, 0.15) is 0 Å². The molecule has 25 heavy (non-hydrogen) atoms. The summed E-state index contributed by atoms with van der Waals surface area (Å²) in [4.78, 5) is 0. The van der Waals surface area contributed by atoms with Gasteiger partial charge in [0.15, 0.2) is 0 Å². The number of benzene rings is 3. The van der Waals surface area contributed by atoms with Crippen molar-refractivity contribution in [3.05, 3.63) is 91.0 Å². The molecule has 0 aliphatic carbocycles. The van der Waals surface area contributed by atoms with Crippen LogP contribution in [0.4, 0.5) is 0 Å². The van der Waals surface area contributed by atoms with Crippen LogP contribution in [0.1, 0.15) is 19.8 Å². The van der Waals surface area contributed by atoms with Crippen LogP contribution >= 0.6 is 27.9 Å². The number of unbranched alkanes of at least 4 members (excludes halogenated alkanes) is 1. The summed E-state index contributed by atoms with van der Waals surface area (Å²) in [6.45, 7) is 2.27. The molecule has 3 heteroatoms. The molecule has 0 amide bonds. The Morgan fingerprint density at radius 2 is 1.04 bits per heavy atom. The average Bonchev–Trinajstić information content (AvgIpc) is 2.72. The molecule has 0 bridgehead atoms. The van der Waals surface area contributed by atoms with Gasteiger partial charge in [-0.15, -0.1) is 0 Å². The van der Waals surface area contributed by atoms with Crippen LogP contribution in [-0.4, -0.2) is 6.16 Å². The molecule has 0 aromatic heterocycles. The second kappa shape index (κ2) is 7.99. The van der Waals surface area contributed by atoms with Crippen molar-refractivity contribution in [3.63, 3.8) is 0 Å². The number of thiol groups is 1. The average molecular weight is 385 g/mol. The standard InChI is InChI=1S/C22H25PS2/c1-2-3-19-23(25-24,20-13-7-4-8-14-20,21-15-9-5-10-16-21)22-17-11-6-12-18-22/h4-18,24H,2-3,19H2,1H3. The van der Waals surface area contributed by atoms with Gasteiger partial charge in [0.05, 0.1) is 0 Å². The fourth-order valence-corrected chi connectivity index (χ4v) is 14.9. The third-order valence-corrected chi connectivity index (χ3v) is 17.5. The van der Waals surface area contributed by atoms with Crippen LogP contribution in [0.15, 0.2) is 91.0 Å². The van der Waals surface area contributed by atoms with Crippen LogP contribution in [-0.2, 0) is 0 Å². The molecule has 0 saturated carbocycles. The van der Waals surface area contributed by atoms with Crippen LogP contribution < -0.4 is 15.9 Å². The maximum absolute atomic E-state index is 4.97. The Balaban J connectivity index is 2.43. The summed E-state index contributed by atoms with van der Waals surface area (Å²) in [5.74, 6) is -2.70. The van der Waals surface area contributed by atoms with E-state index < -0.39 is 5.81 Å². The number of rotatable bonds is 7. The third kappa shape index (κ3) is 3.05. The van der Waals surface area contributed by atoms with Crippen molar-refractivity contribution in [3.8, 4) is 0 Å². The quantitative estimate of drug-likeness (QED) is 0.305. The number of hydrogen-bond donors (Lipinski definition) is 1. The molecule has 0 spiro atoms. The van der Waals surface area contributed by atoms with Gasteiger partial charge in [-0.3, -0.25) is 0 Å². The first kappa shape index (κ1) is 18.6. The molecule has 0 atom stereocenters. The van der Waals surface area contributed by atoms with Gasteiger partial charge < -0.3 is 0 Å². The second-order valence-corrected chi connectivity index (χ2v) is 15.3. The van der Waals surface area contributed by atoms with Crippen molar-refractivity contribution in [2.45, 2.75) is 19.8 Å². The van der Waals surface area contributed by atoms with E-state index in [1.54, 1.807) is 10.4 Å². The molecule has 130 valence electrons. The Bertz CT molecular complexity index is 689. The zero-order valence-corrected chi connectivity index (χ0v) is 17.2. The van der Waals surface area contributed by atoms with Crippen molar-refractivity contribution < 1.29 is 0 Å². The van der Waals surface area contributed by atoms with Gasteiger partial charge in [0, 0.05) is 0 Å². The van der Waals surface area contributed by atoms with Crippen molar-refractivity contribution >= 4 is 43.8 Å². The predicted octanol–water partition coefficient (Wildman–Crippen LogP) is 5.81.